The van der Waals surface area contributed by atoms with Gasteiger partial charge in [-0.25, -0.2) is 0 Å². The lowest BCUT2D eigenvalue weighted by Crippen LogP contribution is -2.20. The Balaban J connectivity index is 2.22. The molecular weight excluding hydrogens is 318 g/mol. The van der Waals surface area contributed by atoms with Crippen LogP contribution in [0.25, 0.3) is 22.5 Å². The number of primary amides is 1. The number of amides is 1. The van der Waals surface area contributed by atoms with Crippen molar-refractivity contribution in [1.29, 1.82) is 0 Å². The van der Waals surface area contributed by atoms with E-state index < -0.39 is 5.91 Å². The molecule has 6 heteroatoms. The first kappa shape index (κ1) is 16.6. The molecule has 2 aromatic carbocycles. The normalized spacial score (nSPS) is 10.8. The maximum atomic E-state index is 11.5. The largest absolute Gasteiger partial charge is 0.508 e. The molecule has 0 atom stereocenters. The summed E-state index contributed by atoms with van der Waals surface area (Å²) in [6.45, 7) is 1.97. The van der Waals surface area contributed by atoms with Crippen LogP contribution in [0.1, 0.15) is 12.5 Å². The third-order valence-electron chi connectivity index (χ3n) is 3.99. The van der Waals surface area contributed by atoms with Gasteiger partial charge in [-0.15, -0.1) is 0 Å². The molecular formula is C19H19N3O3. The molecule has 128 valence electrons. The summed E-state index contributed by atoms with van der Waals surface area (Å²) < 4.78 is 1.59. The average molecular weight is 337 g/mol. The van der Waals surface area contributed by atoms with Crippen molar-refractivity contribution in [2.45, 2.75) is 19.9 Å². The zero-order valence-corrected chi connectivity index (χ0v) is 13.8. The molecule has 0 radical (unpaired) electrons. The van der Waals surface area contributed by atoms with Gasteiger partial charge in [0.15, 0.2) is 0 Å². The van der Waals surface area contributed by atoms with E-state index in [1.165, 1.54) is 0 Å². The molecule has 0 spiro atoms. The fourth-order valence-electron chi connectivity index (χ4n) is 2.89. The van der Waals surface area contributed by atoms with Gasteiger partial charge in [0.05, 0.1) is 11.4 Å². The summed E-state index contributed by atoms with van der Waals surface area (Å²) in [6, 6.07) is 13.5. The number of aromatic nitrogens is 2. The van der Waals surface area contributed by atoms with Gasteiger partial charge in [-0.2, -0.15) is 5.10 Å². The van der Waals surface area contributed by atoms with Gasteiger partial charge in [0.25, 0.3) is 0 Å². The minimum Gasteiger partial charge on any atom is -0.508 e. The van der Waals surface area contributed by atoms with Crippen LogP contribution in [0.2, 0.25) is 0 Å². The summed E-state index contributed by atoms with van der Waals surface area (Å²) in [7, 11) is 0. The summed E-state index contributed by atoms with van der Waals surface area (Å²) in [5.74, 6) is -0.138. The van der Waals surface area contributed by atoms with Crippen LogP contribution in [-0.4, -0.2) is 25.9 Å². The average Bonchev–Trinajstić information content (AvgIpc) is 2.93. The van der Waals surface area contributed by atoms with Gasteiger partial charge in [0, 0.05) is 16.7 Å². The number of phenols is 2. The Morgan fingerprint density at radius 3 is 2.00 bits per heavy atom. The van der Waals surface area contributed by atoms with Crippen LogP contribution in [0.5, 0.6) is 11.5 Å². The van der Waals surface area contributed by atoms with E-state index in [0.29, 0.717) is 6.42 Å². The molecule has 0 aliphatic heterocycles. The molecule has 4 N–H and O–H groups in total. The van der Waals surface area contributed by atoms with E-state index in [2.05, 4.69) is 5.10 Å². The third kappa shape index (κ3) is 3.33. The van der Waals surface area contributed by atoms with Crippen LogP contribution >= 0.6 is 0 Å². The van der Waals surface area contributed by atoms with Crippen LogP contribution in [0.3, 0.4) is 0 Å². The van der Waals surface area contributed by atoms with Crippen molar-refractivity contribution >= 4 is 5.91 Å². The number of carbonyl (C=O) groups excluding carboxylic acids is 1. The van der Waals surface area contributed by atoms with Crippen LogP contribution in [0.15, 0.2) is 48.5 Å². The van der Waals surface area contributed by atoms with Crippen LogP contribution < -0.4 is 5.73 Å². The van der Waals surface area contributed by atoms with E-state index in [-0.39, 0.29) is 18.0 Å². The lowest BCUT2D eigenvalue weighted by molar-refractivity contribution is -0.118. The van der Waals surface area contributed by atoms with Gasteiger partial charge >= 0.3 is 0 Å². The van der Waals surface area contributed by atoms with E-state index in [9.17, 15) is 15.0 Å². The highest BCUT2D eigenvalue weighted by molar-refractivity contribution is 5.78. The Morgan fingerprint density at radius 2 is 1.52 bits per heavy atom. The molecule has 1 heterocycles. The number of aromatic hydroxyl groups is 2. The number of carbonyl (C=O) groups is 1. The summed E-state index contributed by atoms with van der Waals surface area (Å²) in [6.07, 6.45) is 0.700. The number of hydrogen-bond donors (Lipinski definition) is 3. The number of hydrogen-bond acceptors (Lipinski definition) is 4. The third-order valence-corrected chi connectivity index (χ3v) is 3.99. The van der Waals surface area contributed by atoms with Crippen molar-refractivity contribution in [2.75, 3.05) is 0 Å². The quantitative estimate of drug-likeness (QED) is 0.666. The smallest absolute Gasteiger partial charge is 0.239 e. The predicted octanol–water partition coefficient (Wildman–Crippen LogP) is 2.68. The number of rotatable bonds is 5. The Hall–Kier alpha value is -3.28. The van der Waals surface area contributed by atoms with Crippen molar-refractivity contribution < 1.29 is 15.0 Å². The number of phenolic OH excluding ortho intramolecular Hbond substituents is 2. The van der Waals surface area contributed by atoms with Gasteiger partial charge in [-0.3, -0.25) is 9.48 Å². The minimum atomic E-state index is -0.484. The van der Waals surface area contributed by atoms with E-state index in [1.54, 1.807) is 53.2 Å². The Bertz CT molecular complexity index is 897. The van der Waals surface area contributed by atoms with Crippen LogP contribution in [-0.2, 0) is 17.8 Å². The molecule has 6 nitrogen and oxygen atoms in total. The van der Waals surface area contributed by atoms with Gasteiger partial charge in [-0.1, -0.05) is 6.92 Å². The van der Waals surface area contributed by atoms with Crippen molar-refractivity contribution in [3.63, 3.8) is 0 Å². The standard InChI is InChI=1S/C19H19N3O3/c1-2-16-18(12-3-7-14(23)8-4-12)21-22(11-17(20)25)19(16)13-5-9-15(24)10-6-13/h3-10,23-24H,2,11H2,1H3,(H2,20,25). The van der Waals surface area contributed by atoms with Crippen molar-refractivity contribution in [3.8, 4) is 34.0 Å². The van der Waals surface area contributed by atoms with E-state index >= 15 is 0 Å². The summed E-state index contributed by atoms with van der Waals surface area (Å²) in [5.41, 5.74) is 9.58. The minimum absolute atomic E-state index is 0.0404. The fourth-order valence-corrected chi connectivity index (χ4v) is 2.89. The Labute approximate surface area is 145 Å². The first-order valence-electron chi connectivity index (χ1n) is 7.96. The van der Waals surface area contributed by atoms with Gasteiger partial charge in [0.2, 0.25) is 5.91 Å². The molecule has 0 fully saturated rings. The lowest BCUT2D eigenvalue weighted by atomic mass is 10.00. The van der Waals surface area contributed by atoms with Crippen LogP contribution in [0.4, 0.5) is 0 Å². The van der Waals surface area contributed by atoms with E-state index in [4.69, 9.17) is 5.73 Å². The highest BCUT2D eigenvalue weighted by Crippen LogP contribution is 2.34. The number of nitrogens with two attached hydrogens (primary N) is 1. The van der Waals surface area contributed by atoms with E-state index in [1.807, 2.05) is 6.92 Å². The topological polar surface area (TPSA) is 101 Å². The van der Waals surface area contributed by atoms with Crippen LogP contribution in [0, 0.1) is 0 Å². The molecule has 0 aliphatic rings. The zero-order chi connectivity index (χ0) is 18.0. The molecule has 0 bridgehead atoms. The molecule has 1 amide bonds. The molecule has 3 rings (SSSR count). The number of benzene rings is 2. The van der Waals surface area contributed by atoms with Crippen molar-refractivity contribution in [2.24, 2.45) is 5.73 Å². The van der Waals surface area contributed by atoms with E-state index in [0.717, 1.165) is 28.1 Å². The second kappa shape index (κ2) is 6.68. The maximum absolute atomic E-state index is 11.5. The number of nitrogens with zero attached hydrogens (tertiary/aromatic N) is 2. The molecule has 25 heavy (non-hydrogen) atoms. The monoisotopic (exact) mass is 337 g/mol. The fraction of sp³-hybridized carbons (Fsp3) is 0.158. The second-order valence-corrected chi connectivity index (χ2v) is 5.75. The lowest BCUT2D eigenvalue weighted by Gasteiger charge is -2.08. The highest BCUT2D eigenvalue weighted by Gasteiger charge is 2.20. The van der Waals surface area contributed by atoms with Crippen molar-refractivity contribution in [3.05, 3.63) is 54.1 Å². The summed E-state index contributed by atoms with van der Waals surface area (Å²) >= 11 is 0. The summed E-state index contributed by atoms with van der Waals surface area (Å²) in [5, 5.41) is 23.6. The second-order valence-electron chi connectivity index (χ2n) is 5.75. The first-order chi connectivity index (χ1) is 12.0. The Morgan fingerprint density at radius 1 is 1.00 bits per heavy atom. The molecule has 1 aromatic heterocycles. The Kier molecular flexibility index (Phi) is 4.43. The highest BCUT2D eigenvalue weighted by atomic mass is 16.3. The van der Waals surface area contributed by atoms with Gasteiger partial charge in [-0.05, 0) is 55.0 Å². The predicted molar refractivity (Wildman–Crippen MR) is 95.0 cm³/mol. The van der Waals surface area contributed by atoms with Crippen molar-refractivity contribution in [1.82, 2.24) is 9.78 Å². The van der Waals surface area contributed by atoms with Gasteiger partial charge in [0.1, 0.15) is 18.0 Å². The zero-order valence-electron chi connectivity index (χ0n) is 13.8. The molecule has 0 saturated heterocycles. The van der Waals surface area contributed by atoms with Gasteiger partial charge < -0.3 is 15.9 Å². The molecule has 0 unspecified atom stereocenters. The molecule has 0 saturated carbocycles. The first-order valence-corrected chi connectivity index (χ1v) is 7.96. The molecule has 3 aromatic rings. The molecule has 0 aliphatic carbocycles. The maximum Gasteiger partial charge on any atom is 0.239 e. The summed E-state index contributed by atoms with van der Waals surface area (Å²) in [4.78, 5) is 11.5. The SMILES string of the molecule is CCc1c(-c2ccc(O)cc2)nn(CC(N)=O)c1-c1ccc(O)cc1.